The van der Waals surface area contributed by atoms with Gasteiger partial charge in [0, 0.05) is 6.54 Å². The summed E-state index contributed by atoms with van der Waals surface area (Å²) in [4.78, 5) is 16.5. The van der Waals surface area contributed by atoms with Gasteiger partial charge in [-0.05, 0) is 12.8 Å². The van der Waals surface area contributed by atoms with Gasteiger partial charge in [-0.3, -0.25) is 0 Å². The third-order valence-electron chi connectivity index (χ3n) is 1.88. The molecule has 0 radical (unpaired) electrons. The van der Waals surface area contributed by atoms with E-state index in [2.05, 4.69) is 4.98 Å². The van der Waals surface area contributed by atoms with Crippen molar-refractivity contribution in [2.24, 2.45) is 5.73 Å². The predicted octanol–water partition coefficient (Wildman–Crippen LogP) is 1.90. The molecule has 0 amide bonds. The largest absolute Gasteiger partial charge is 0.462 e. The summed E-state index contributed by atoms with van der Waals surface area (Å²) in [6.45, 7) is 6.53. The Balaban J connectivity index is 3.03. The fourth-order valence-electron chi connectivity index (χ4n) is 1.20. The number of esters is 1. The first kappa shape index (κ1) is 12.1. The van der Waals surface area contributed by atoms with Crippen molar-refractivity contribution in [2.75, 3.05) is 6.61 Å². The first-order chi connectivity index (χ1) is 7.10. The summed E-state index contributed by atoms with van der Waals surface area (Å²) in [7, 11) is 0. The summed E-state index contributed by atoms with van der Waals surface area (Å²) in [5.41, 5.74) is 6.29. The third kappa shape index (κ3) is 2.76. The summed E-state index contributed by atoms with van der Waals surface area (Å²) < 4.78 is 4.97. The van der Waals surface area contributed by atoms with Crippen LogP contribution in [0.1, 0.15) is 47.1 Å². The molecule has 0 aliphatic heterocycles. The Labute approximate surface area is 93.5 Å². The molecule has 4 nitrogen and oxygen atoms in total. The van der Waals surface area contributed by atoms with Gasteiger partial charge in [0.15, 0.2) is 0 Å². The summed E-state index contributed by atoms with van der Waals surface area (Å²) in [5, 5.41) is 0.779. The molecule has 0 saturated heterocycles. The monoisotopic (exact) mass is 228 g/mol. The number of nitrogens with two attached hydrogens (primary N) is 1. The van der Waals surface area contributed by atoms with Gasteiger partial charge < -0.3 is 10.5 Å². The van der Waals surface area contributed by atoms with Gasteiger partial charge in [0.25, 0.3) is 0 Å². The second-order valence-electron chi connectivity index (χ2n) is 3.40. The molecule has 0 spiro atoms. The van der Waals surface area contributed by atoms with Gasteiger partial charge >= 0.3 is 5.97 Å². The highest BCUT2D eigenvalue weighted by Crippen LogP contribution is 2.25. The Kier molecular flexibility index (Phi) is 4.23. The molecule has 1 heterocycles. The van der Waals surface area contributed by atoms with E-state index >= 15 is 0 Å². The van der Waals surface area contributed by atoms with Crippen molar-refractivity contribution in [1.82, 2.24) is 4.98 Å². The van der Waals surface area contributed by atoms with Crippen LogP contribution >= 0.6 is 11.3 Å². The normalized spacial score (nSPS) is 10.7. The fraction of sp³-hybridized carbons (Fsp3) is 0.600. The first-order valence-electron chi connectivity index (χ1n) is 4.96. The summed E-state index contributed by atoms with van der Waals surface area (Å²) >= 11 is 1.33. The Hall–Kier alpha value is -0.940. The Morgan fingerprint density at radius 3 is 2.73 bits per heavy atom. The smallest absolute Gasteiger partial charge is 0.350 e. The minimum absolute atomic E-state index is 0.209. The van der Waals surface area contributed by atoms with Gasteiger partial charge in [0.2, 0.25) is 0 Å². The van der Waals surface area contributed by atoms with Crippen LogP contribution < -0.4 is 5.73 Å². The second-order valence-corrected chi connectivity index (χ2v) is 4.48. The molecule has 0 unspecified atom stereocenters. The van der Waals surface area contributed by atoms with Gasteiger partial charge in [-0.15, -0.1) is 11.3 Å². The van der Waals surface area contributed by atoms with E-state index < -0.39 is 0 Å². The minimum atomic E-state index is -0.293. The van der Waals surface area contributed by atoms with Crippen LogP contribution in [0.5, 0.6) is 0 Å². The lowest BCUT2D eigenvalue weighted by Crippen LogP contribution is -2.06. The Morgan fingerprint density at radius 1 is 1.60 bits per heavy atom. The molecule has 1 rings (SSSR count). The zero-order valence-electron chi connectivity index (χ0n) is 9.24. The van der Waals surface area contributed by atoms with Crippen LogP contribution in [0.4, 0.5) is 0 Å². The average molecular weight is 228 g/mol. The molecule has 0 bridgehead atoms. The van der Waals surface area contributed by atoms with Crippen LogP contribution in [-0.2, 0) is 11.3 Å². The Bertz CT molecular complexity index is 347. The maximum absolute atomic E-state index is 11.6. The highest BCUT2D eigenvalue weighted by Gasteiger charge is 2.20. The van der Waals surface area contributed by atoms with Crippen LogP contribution in [0.3, 0.4) is 0 Å². The fourth-order valence-corrected chi connectivity index (χ4v) is 2.19. The predicted molar refractivity (Wildman–Crippen MR) is 60.1 cm³/mol. The quantitative estimate of drug-likeness (QED) is 0.799. The number of hydrogen-bond donors (Lipinski definition) is 1. The van der Waals surface area contributed by atoms with Crippen molar-refractivity contribution < 1.29 is 9.53 Å². The molecule has 0 aromatic carbocycles. The SMILES string of the molecule is CCOC(=O)c1sc(CN)nc1C(C)C. The van der Waals surface area contributed by atoms with Crippen LogP contribution in [-0.4, -0.2) is 17.6 Å². The van der Waals surface area contributed by atoms with Gasteiger partial charge in [-0.2, -0.15) is 0 Å². The standard InChI is InChI=1S/C10H16N2O2S/c1-4-14-10(13)9-8(6(2)3)12-7(5-11)15-9/h6H,4-5,11H2,1-3H3. The number of rotatable bonds is 4. The van der Waals surface area contributed by atoms with E-state index in [0.717, 1.165) is 10.7 Å². The maximum Gasteiger partial charge on any atom is 0.350 e. The number of aromatic nitrogens is 1. The molecule has 0 aliphatic carbocycles. The number of carbonyl (C=O) groups is 1. The zero-order valence-corrected chi connectivity index (χ0v) is 10.1. The summed E-state index contributed by atoms with van der Waals surface area (Å²) in [5.74, 6) is -0.0839. The van der Waals surface area contributed by atoms with Crippen LogP contribution in [0, 0.1) is 0 Å². The first-order valence-corrected chi connectivity index (χ1v) is 5.78. The van der Waals surface area contributed by atoms with Gasteiger partial charge in [-0.25, -0.2) is 9.78 Å². The van der Waals surface area contributed by atoms with E-state index in [9.17, 15) is 4.79 Å². The molecule has 1 aromatic heterocycles. The molecular weight excluding hydrogens is 212 g/mol. The minimum Gasteiger partial charge on any atom is -0.462 e. The lowest BCUT2D eigenvalue weighted by molar-refractivity contribution is 0.0530. The zero-order chi connectivity index (χ0) is 11.4. The number of nitrogens with zero attached hydrogens (tertiary/aromatic N) is 1. The van der Waals surface area contributed by atoms with Crippen molar-refractivity contribution in [3.63, 3.8) is 0 Å². The second kappa shape index (κ2) is 5.23. The Morgan fingerprint density at radius 2 is 2.27 bits per heavy atom. The third-order valence-corrected chi connectivity index (χ3v) is 2.95. The van der Waals surface area contributed by atoms with Crippen molar-refractivity contribution in [2.45, 2.75) is 33.2 Å². The molecule has 15 heavy (non-hydrogen) atoms. The van der Waals surface area contributed by atoms with Crippen molar-refractivity contribution in [3.8, 4) is 0 Å². The molecule has 0 atom stereocenters. The lowest BCUT2D eigenvalue weighted by Gasteiger charge is -2.04. The highest BCUT2D eigenvalue weighted by atomic mass is 32.1. The van der Waals surface area contributed by atoms with E-state index in [4.69, 9.17) is 10.5 Å². The van der Waals surface area contributed by atoms with Crippen molar-refractivity contribution in [3.05, 3.63) is 15.6 Å². The number of carbonyl (C=O) groups excluding carboxylic acids is 1. The van der Waals surface area contributed by atoms with Gasteiger partial charge in [-0.1, -0.05) is 13.8 Å². The van der Waals surface area contributed by atoms with E-state index in [1.165, 1.54) is 11.3 Å². The molecule has 0 fully saturated rings. The van der Waals surface area contributed by atoms with E-state index in [0.29, 0.717) is 18.0 Å². The number of thiazole rings is 1. The average Bonchev–Trinajstić information content (AvgIpc) is 2.61. The number of hydrogen-bond acceptors (Lipinski definition) is 5. The van der Waals surface area contributed by atoms with Crippen LogP contribution in [0.2, 0.25) is 0 Å². The molecule has 0 saturated carbocycles. The molecule has 5 heteroatoms. The summed E-state index contributed by atoms with van der Waals surface area (Å²) in [6, 6.07) is 0. The molecule has 84 valence electrons. The molecular formula is C10H16N2O2S. The van der Waals surface area contributed by atoms with Crippen molar-refractivity contribution in [1.29, 1.82) is 0 Å². The van der Waals surface area contributed by atoms with E-state index in [-0.39, 0.29) is 11.9 Å². The van der Waals surface area contributed by atoms with Gasteiger partial charge in [0.1, 0.15) is 9.88 Å². The van der Waals surface area contributed by atoms with Crippen molar-refractivity contribution >= 4 is 17.3 Å². The number of ether oxygens (including phenoxy) is 1. The molecule has 0 aliphatic rings. The van der Waals surface area contributed by atoms with E-state index in [1.54, 1.807) is 6.92 Å². The maximum atomic E-state index is 11.6. The van der Waals surface area contributed by atoms with Gasteiger partial charge in [0.05, 0.1) is 12.3 Å². The lowest BCUT2D eigenvalue weighted by atomic mass is 10.1. The highest BCUT2D eigenvalue weighted by molar-refractivity contribution is 7.13. The van der Waals surface area contributed by atoms with E-state index in [1.807, 2.05) is 13.8 Å². The van der Waals surface area contributed by atoms with Crippen LogP contribution in [0.25, 0.3) is 0 Å². The molecule has 1 aromatic rings. The topological polar surface area (TPSA) is 65.2 Å². The summed E-state index contributed by atoms with van der Waals surface area (Å²) in [6.07, 6.45) is 0. The molecule has 2 N–H and O–H groups in total. The van der Waals surface area contributed by atoms with Crippen LogP contribution in [0.15, 0.2) is 0 Å².